The molecule has 0 saturated heterocycles. The number of methoxy groups -OCH3 is 2. The van der Waals surface area contributed by atoms with Crippen LogP contribution in [-0.2, 0) is 16.0 Å². The fourth-order valence-electron chi connectivity index (χ4n) is 3.83. The van der Waals surface area contributed by atoms with Crippen molar-refractivity contribution in [3.63, 3.8) is 0 Å². The second kappa shape index (κ2) is 12.3. The molecule has 0 aliphatic heterocycles. The number of carbonyl (C=O) groups is 3. The molecule has 2 amide bonds. The number of carbonyl (C=O) groups excluding carboxylic acids is 2. The van der Waals surface area contributed by atoms with Gasteiger partial charge >= 0.3 is 5.97 Å². The normalized spacial score (nSPS) is 11.3. The number of carboxylic acids is 1. The van der Waals surface area contributed by atoms with E-state index in [0.717, 1.165) is 16.0 Å². The highest BCUT2D eigenvalue weighted by molar-refractivity contribution is 6.00. The van der Waals surface area contributed by atoms with E-state index in [1.165, 1.54) is 20.4 Å². The Hall–Kier alpha value is -4.40. The predicted molar refractivity (Wildman–Crippen MR) is 131 cm³/mol. The number of aliphatic carboxylic acids is 1. The van der Waals surface area contributed by atoms with Crippen LogP contribution < -0.4 is 14.2 Å². The first-order valence-electron chi connectivity index (χ1n) is 11.3. The number of benzene rings is 2. The fourth-order valence-corrected chi connectivity index (χ4v) is 3.83. The molecular weight excluding hydrogens is 464 g/mol. The lowest BCUT2D eigenvalue weighted by atomic mass is 9.98. The van der Waals surface area contributed by atoms with Crippen LogP contribution in [0, 0.1) is 6.92 Å². The minimum Gasteiger partial charge on any atom is -0.496 e. The Morgan fingerprint density at radius 3 is 2.36 bits per heavy atom. The van der Waals surface area contributed by atoms with Crippen molar-refractivity contribution in [2.75, 3.05) is 20.8 Å². The highest BCUT2D eigenvalue weighted by atomic mass is 16.5. The molecule has 1 heterocycles. The van der Waals surface area contributed by atoms with E-state index in [4.69, 9.17) is 14.2 Å². The maximum Gasteiger partial charge on any atom is 0.349 e. The van der Waals surface area contributed by atoms with Crippen LogP contribution in [0.4, 0.5) is 0 Å². The lowest BCUT2D eigenvalue weighted by Gasteiger charge is -2.20. The van der Waals surface area contributed by atoms with Gasteiger partial charge in [-0.15, -0.1) is 0 Å². The van der Waals surface area contributed by atoms with Crippen molar-refractivity contribution in [3.05, 3.63) is 83.2 Å². The Bertz CT molecular complexity index is 1190. The summed E-state index contributed by atoms with van der Waals surface area (Å²) in [5.74, 6) is -0.338. The van der Waals surface area contributed by atoms with Gasteiger partial charge in [0.05, 0.1) is 20.4 Å². The van der Waals surface area contributed by atoms with Crippen LogP contribution in [-0.4, -0.2) is 54.0 Å². The summed E-state index contributed by atoms with van der Waals surface area (Å²) in [6.45, 7) is 1.94. The summed E-state index contributed by atoms with van der Waals surface area (Å²) >= 11 is 0. The number of imide groups is 1. The van der Waals surface area contributed by atoms with E-state index in [1.54, 1.807) is 54.7 Å². The summed E-state index contributed by atoms with van der Waals surface area (Å²) in [4.78, 5) is 41.8. The number of amides is 2. The zero-order valence-electron chi connectivity index (χ0n) is 20.3. The zero-order chi connectivity index (χ0) is 26.1. The Balaban J connectivity index is 1.74. The van der Waals surface area contributed by atoms with Gasteiger partial charge in [0.1, 0.15) is 17.2 Å². The van der Waals surface area contributed by atoms with Gasteiger partial charge in [-0.25, -0.2) is 4.79 Å². The van der Waals surface area contributed by atoms with E-state index < -0.39 is 18.0 Å². The highest BCUT2D eigenvalue weighted by Gasteiger charge is 2.25. The van der Waals surface area contributed by atoms with Gasteiger partial charge in [-0.1, -0.05) is 24.3 Å². The van der Waals surface area contributed by atoms with E-state index in [0.29, 0.717) is 42.1 Å². The van der Waals surface area contributed by atoms with Gasteiger partial charge in [-0.05, 0) is 49.6 Å². The molecular formula is C27H28N2O7. The number of hydrogen-bond donors (Lipinski definition) is 1. The molecule has 0 radical (unpaired) electrons. The van der Waals surface area contributed by atoms with E-state index in [-0.39, 0.29) is 12.1 Å². The molecule has 1 N–H and O–H groups in total. The predicted octanol–water partition coefficient (Wildman–Crippen LogP) is 3.84. The number of aryl methyl sites for hydroxylation is 1. The van der Waals surface area contributed by atoms with Crippen LogP contribution in [0.15, 0.2) is 60.9 Å². The molecule has 0 aliphatic carbocycles. The summed E-state index contributed by atoms with van der Waals surface area (Å²) in [6.07, 6.45) is 3.11. The Morgan fingerprint density at radius 1 is 1.08 bits per heavy atom. The van der Waals surface area contributed by atoms with Crippen LogP contribution in [0.5, 0.6) is 17.2 Å². The summed E-state index contributed by atoms with van der Waals surface area (Å²) in [5, 5.41) is 9.80. The monoisotopic (exact) mass is 492 g/mol. The van der Waals surface area contributed by atoms with E-state index >= 15 is 0 Å². The van der Waals surface area contributed by atoms with Crippen LogP contribution in [0.2, 0.25) is 0 Å². The molecule has 0 spiro atoms. The molecule has 9 heteroatoms. The minimum atomic E-state index is -1.23. The van der Waals surface area contributed by atoms with Gasteiger partial charge in [0.2, 0.25) is 12.5 Å². The molecule has 1 aromatic heterocycles. The number of nitrogens with zero attached hydrogens (tertiary/aromatic N) is 2. The average molecular weight is 493 g/mol. The quantitative estimate of drug-likeness (QED) is 0.379. The van der Waals surface area contributed by atoms with Crippen molar-refractivity contribution in [2.45, 2.75) is 25.9 Å². The number of hydrogen-bond acceptors (Lipinski definition) is 7. The van der Waals surface area contributed by atoms with Gasteiger partial charge < -0.3 is 19.3 Å². The highest BCUT2D eigenvalue weighted by Crippen LogP contribution is 2.30. The summed E-state index contributed by atoms with van der Waals surface area (Å²) in [6, 6.07) is 13.5. The van der Waals surface area contributed by atoms with E-state index in [1.807, 2.05) is 6.92 Å². The first-order valence-corrected chi connectivity index (χ1v) is 11.3. The van der Waals surface area contributed by atoms with Crippen molar-refractivity contribution in [1.82, 2.24) is 9.88 Å². The molecule has 0 aliphatic rings. The molecule has 1 atom stereocenters. The standard InChI is InChI=1S/C27H28N2O7/c1-18-23(34-2)14-20(15-24(18)35-3)26(31)29(17-30)13-7-9-19-8-4-5-11-22(19)25(27(32)33)36-21-10-6-12-28-16-21/h4-6,8,10-12,14-17,25H,7,9,13H2,1-3H3,(H,32,33). The molecule has 9 nitrogen and oxygen atoms in total. The van der Waals surface area contributed by atoms with E-state index in [2.05, 4.69) is 4.98 Å². The van der Waals surface area contributed by atoms with E-state index in [9.17, 15) is 19.5 Å². The molecule has 0 fully saturated rings. The summed E-state index contributed by atoms with van der Waals surface area (Å²) in [5.41, 5.74) is 2.24. The lowest BCUT2D eigenvalue weighted by Crippen LogP contribution is -2.31. The maximum atomic E-state index is 13.0. The van der Waals surface area contributed by atoms with Crippen LogP contribution in [0.3, 0.4) is 0 Å². The minimum absolute atomic E-state index is 0.135. The number of rotatable bonds is 12. The van der Waals surface area contributed by atoms with Crippen LogP contribution in [0.1, 0.15) is 39.6 Å². The molecule has 188 valence electrons. The Kier molecular flexibility index (Phi) is 8.99. The van der Waals surface area contributed by atoms with Crippen molar-refractivity contribution in [3.8, 4) is 17.2 Å². The number of carboxylic acid groups (broad SMARTS) is 1. The first-order chi connectivity index (χ1) is 17.4. The number of aromatic nitrogens is 1. The Labute approximate surface area is 209 Å². The number of pyridine rings is 1. The van der Waals surface area contributed by atoms with Gasteiger partial charge in [-0.2, -0.15) is 0 Å². The van der Waals surface area contributed by atoms with Gasteiger partial charge in [0.25, 0.3) is 5.91 Å². The number of ether oxygens (including phenoxy) is 3. The zero-order valence-corrected chi connectivity index (χ0v) is 20.3. The Morgan fingerprint density at radius 2 is 1.78 bits per heavy atom. The fraction of sp³-hybridized carbons (Fsp3) is 0.259. The molecule has 0 bridgehead atoms. The summed E-state index contributed by atoms with van der Waals surface area (Å²) in [7, 11) is 2.99. The third-order valence-corrected chi connectivity index (χ3v) is 5.68. The van der Waals surface area contributed by atoms with Gasteiger partial charge in [0.15, 0.2) is 0 Å². The maximum absolute atomic E-state index is 13.0. The molecule has 2 aromatic carbocycles. The van der Waals surface area contributed by atoms with Crippen LogP contribution >= 0.6 is 0 Å². The van der Waals surface area contributed by atoms with Crippen molar-refractivity contribution in [2.24, 2.45) is 0 Å². The average Bonchev–Trinajstić information content (AvgIpc) is 2.90. The largest absolute Gasteiger partial charge is 0.496 e. The van der Waals surface area contributed by atoms with Crippen molar-refractivity contribution >= 4 is 18.3 Å². The van der Waals surface area contributed by atoms with Gasteiger partial charge in [0, 0.05) is 29.4 Å². The van der Waals surface area contributed by atoms with Gasteiger partial charge in [-0.3, -0.25) is 19.5 Å². The van der Waals surface area contributed by atoms with Crippen molar-refractivity contribution < 1.29 is 33.7 Å². The molecule has 0 saturated carbocycles. The van der Waals surface area contributed by atoms with Crippen molar-refractivity contribution in [1.29, 1.82) is 0 Å². The topological polar surface area (TPSA) is 115 Å². The molecule has 3 aromatic rings. The second-order valence-corrected chi connectivity index (χ2v) is 7.94. The third kappa shape index (κ3) is 6.18. The molecule has 1 unspecified atom stereocenters. The lowest BCUT2D eigenvalue weighted by molar-refractivity contribution is -0.145. The molecule has 36 heavy (non-hydrogen) atoms. The second-order valence-electron chi connectivity index (χ2n) is 7.94. The SMILES string of the molecule is COc1cc(C(=O)N(C=O)CCCc2ccccc2C(Oc2cccnc2)C(=O)O)cc(OC)c1C. The third-order valence-electron chi connectivity index (χ3n) is 5.68. The van der Waals surface area contributed by atoms with Crippen LogP contribution in [0.25, 0.3) is 0 Å². The first kappa shape index (κ1) is 26.2. The molecule has 3 rings (SSSR count). The summed E-state index contributed by atoms with van der Waals surface area (Å²) < 4.78 is 16.3. The smallest absolute Gasteiger partial charge is 0.349 e.